The zero-order chi connectivity index (χ0) is 17.0. The van der Waals surface area contributed by atoms with Crippen LogP contribution in [0.15, 0.2) is 64.4 Å². The van der Waals surface area contributed by atoms with E-state index in [2.05, 4.69) is 0 Å². The zero-order valence-electron chi connectivity index (χ0n) is 12.2. The number of allylic oxidation sites excluding steroid dienone is 1. The normalized spacial score (nSPS) is 12.0. The first-order chi connectivity index (χ1) is 10.8. The first-order valence-electron chi connectivity index (χ1n) is 6.59. The third kappa shape index (κ3) is 3.70. The van der Waals surface area contributed by atoms with Crippen LogP contribution in [0, 0.1) is 10.1 Å². The van der Waals surface area contributed by atoms with E-state index in [4.69, 9.17) is 0 Å². The molecule has 0 radical (unpaired) electrons. The van der Waals surface area contributed by atoms with Gasteiger partial charge in [0.15, 0.2) is 5.78 Å². The fourth-order valence-corrected chi connectivity index (χ4v) is 3.41. The summed E-state index contributed by atoms with van der Waals surface area (Å²) in [6.07, 6.45) is 1.15. The topological polar surface area (TPSA) is 94.3 Å². The van der Waals surface area contributed by atoms with E-state index in [0.717, 1.165) is 13.0 Å². The lowest BCUT2D eigenvalue weighted by atomic mass is 10.2. The van der Waals surface area contributed by atoms with Crippen molar-refractivity contribution in [2.45, 2.75) is 11.8 Å². The van der Waals surface area contributed by atoms with Gasteiger partial charge < -0.3 is 0 Å². The summed E-state index contributed by atoms with van der Waals surface area (Å²) in [5, 5.41) is 10.8. The molecule has 0 saturated carbocycles. The fourth-order valence-electron chi connectivity index (χ4n) is 1.97. The molecule has 0 fully saturated rings. The number of rotatable bonds is 5. The van der Waals surface area contributed by atoms with Crippen LogP contribution in [0.3, 0.4) is 0 Å². The minimum Gasteiger partial charge on any atom is -0.294 e. The van der Waals surface area contributed by atoms with Gasteiger partial charge in [0.25, 0.3) is 5.69 Å². The van der Waals surface area contributed by atoms with Crippen LogP contribution in [0.1, 0.15) is 12.5 Å². The van der Waals surface area contributed by atoms with Crippen LogP contribution in [-0.4, -0.2) is 19.1 Å². The van der Waals surface area contributed by atoms with E-state index >= 15 is 0 Å². The summed E-state index contributed by atoms with van der Waals surface area (Å²) < 4.78 is 25.1. The second kappa shape index (κ2) is 6.53. The molecule has 0 atom stereocenters. The zero-order valence-corrected chi connectivity index (χ0v) is 13.0. The molecule has 2 aromatic carbocycles. The molecule has 0 aromatic heterocycles. The Morgan fingerprint density at radius 2 is 1.74 bits per heavy atom. The third-order valence-corrected chi connectivity index (χ3v) is 4.95. The Bertz CT molecular complexity index is 886. The van der Waals surface area contributed by atoms with Gasteiger partial charge in [0.05, 0.1) is 9.82 Å². The average molecular weight is 331 g/mol. The molecule has 7 heteroatoms. The van der Waals surface area contributed by atoms with Crippen molar-refractivity contribution in [2.75, 3.05) is 0 Å². The van der Waals surface area contributed by atoms with Gasteiger partial charge >= 0.3 is 0 Å². The molecule has 0 bridgehead atoms. The summed E-state index contributed by atoms with van der Waals surface area (Å²) >= 11 is 0. The molecular formula is C16H13NO5S. The van der Waals surface area contributed by atoms with Crippen molar-refractivity contribution >= 4 is 27.4 Å². The molecule has 0 heterocycles. The number of nitro groups is 1. The number of non-ortho nitro benzene ring substituents is 1. The fraction of sp³-hybridized carbons (Fsp3) is 0.0625. The Labute approximate surface area is 133 Å². The molecule has 0 unspecified atom stereocenters. The van der Waals surface area contributed by atoms with Crippen LogP contribution in [-0.2, 0) is 14.6 Å². The Kier molecular flexibility index (Phi) is 4.71. The highest BCUT2D eigenvalue weighted by Crippen LogP contribution is 2.23. The number of sulfone groups is 1. The van der Waals surface area contributed by atoms with Crippen molar-refractivity contribution in [3.63, 3.8) is 0 Å². The Hall–Kier alpha value is -2.80. The number of hydrogen-bond acceptors (Lipinski definition) is 5. The van der Waals surface area contributed by atoms with Gasteiger partial charge in [-0.1, -0.05) is 30.3 Å². The van der Waals surface area contributed by atoms with Gasteiger partial charge in [-0.15, -0.1) is 0 Å². The van der Waals surface area contributed by atoms with Gasteiger partial charge in [-0.05, 0) is 30.7 Å². The molecule has 0 amide bonds. The molecule has 23 heavy (non-hydrogen) atoms. The summed E-state index contributed by atoms with van der Waals surface area (Å²) in [7, 11) is -3.99. The molecule has 118 valence electrons. The van der Waals surface area contributed by atoms with Crippen LogP contribution in [0.25, 0.3) is 6.08 Å². The molecule has 2 aromatic rings. The number of Topliss-reactive ketones (excluding diaryl/α,β-unsaturated/α-hetero) is 1. The van der Waals surface area contributed by atoms with Crippen LogP contribution >= 0.6 is 0 Å². The Balaban J connectivity index is 2.57. The van der Waals surface area contributed by atoms with Gasteiger partial charge in [-0.25, -0.2) is 8.42 Å². The summed E-state index contributed by atoms with van der Waals surface area (Å²) in [6.45, 7) is 1.14. The Morgan fingerprint density at radius 3 is 2.30 bits per heavy atom. The van der Waals surface area contributed by atoms with Crippen molar-refractivity contribution in [3.8, 4) is 0 Å². The number of benzene rings is 2. The minimum absolute atomic E-state index is 0.00752. The van der Waals surface area contributed by atoms with Gasteiger partial charge in [0, 0.05) is 12.1 Å². The van der Waals surface area contributed by atoms with Gasteiger partial charge in [-0.3, -0.25) is 14.9 Å². The average Bonchev–Trinajstić information content (AvgIpc) is 2.53. The first kappa shape index (κ1) is 16.6. The van der Waals surface area contributed by atoms with Gasteiger partial charge in [-0.2, -0.15) is 0 Å². The maximum absolute atomic E-state index is 12.6. The number of ketones is 1. The number of carbonyl (C=O) groups excluding carboxylic acids is 1. The van der Waals surface area contributed by atoms with Crippen molar-refractivity contribution in [1.29, 1.82) is 0 Å². The maximum Gasteiger partial charge on any atom is 0.270 e. The smallest absolute Gasteiger partial charge is 0.270 e. The quantitative estimate of drug-likeness (QED) is 0.477. The second-order valence-electron chi connectivity index (χ2n) is 4.73. The first-order valence-corrected chi connectivity index (χ1v) is 8.08. The molecular weight excluding hydrogens is 318 g/mol. The van der Waals surface area contributed by atoms with E-state index in [1.54, 1.807) is 18.2 Å². The molecule has 2 rings (SSSR count). The number of nitrogens with zero attached hydrogens (tertiary/aromatic N) is 1. The lowest BCUT2D eigenvalue weighted by Gasteiger charge is -2.06. The van der Waals surface area contributed by atoms with Crippen LogP contribution in [0.2, 0.25) is 0 Å². The van der Waals surface area contributed by atoms with E-state index in [0.29, 0.717) is 0 Å². The summed E-state index contributed by atoms with van der Waals surface area (Å²) in [6, 6.07) is 13.0. The van der Waals surface area contributed by atoms with Crippen molar-refractivity contribution in [3.05, 3.63) is 75.2 Å². The van der Waals surface area contributed by atoms with Gasteiger partial charge in [0.1, 0.15) is 4.91 Å². The summed E-state index contributed by atoms with van der Waals surface area (Å²) in [5.74, 6) is -0.639. The standard InChI is InChI=1S/C16H13NO5S/c1-12(18)16(23(21,22)15-8-3-2-4-9-15)11-13-6-5-7-14(10-13)17(19)20/h2-11H,1H3. The van der Waals surface area contributed by atoms with Crippen LogP contribution in [0.4, 0.5) is 5.69 Å². The molecule has 0 saturated heterocycles. The van der Waals surface area contributed by atoms with E-state index in [-0.39, 0.29) is 16.1 Å². The van der Waals surface area contributed by atoms with Crippen molar-refractivity contribution in [2.24, 2.45) is 0 Å². The molecule has 0 aliphatic carbocycles. The van der Waals surface area contributed by atoms with E-state index in [9.17, 15) is 23.3 Å². The van der Waals surface area contributed by atoms with Crippen molar-refractivity contribution < 1.29 is 18.1 Å². The SMILES string of the molecule is CC(=O)C(=Cc1cccc([N+](=O)[O-])c1)S(=O)(=O)c1ccccc1. The summed E-state index contributed by atoms with van der Waals surface area (Å²) in [5.41, 5.74) is 0.0858. The van der Waals surface area contributed by atoms with E-state index in [1.165, 1.54) is 36.4 Å². The van der Waals surface area contributed by atoms with Crippen LogP contribution in [0.5, 0.6) is 0 Å². The second-order valence-corrected chi connectivity index (χ2v) is 6.65. The predicted molar refractivity (Wildman–Crippen MR) is 85.4 cm³/mol. The molecule has 0 aliphatic heterocycles. The molecule has 0 spiro atoms. The highest BCUT2D eigenvalue weighted by atomic mass is 32.2. The van der Waals surface area contributed by atoms with Crippen molar-refractivity contribution in [1.82, 2.24) is 0 Å². The minimum atomic E-state index is -3.99. The molecule has 0 aliphatic rings. The van der Waals surface area contributed by atoms with E-state index in [1.807, 2.05) is 0 Å². The monoisotopic (exact) mass is 331 g/mol. The maximum atomic E-state index is 12.6. The third-order valence-electron chi connectivity index (χ3n) is 3.07. The number of nitro benzene ring substituents is 1. The van der Waals surface area contributed by atoms with Crippen LogP contribution < -0.4 is 0 Å². The van der Waals surface area contributed by atoms with E-state index < -0.39 is 25.4 Å². The highest BCUT2D eigenvalue weighted by molar-refractivity contribution is 7.96. The summed E-state index contributed by atoms with van der Waals surface area (Å²) in [4.78, 5) is 21.6. The van der Waals surface area contributed by atoms with Gasteiger partial charge in [0.2, 0.25) is 9.84 Å². The predicted octanol–water partition coefficient (Wildman–Crippen LogP) is 3.00. The number of hydrogen-bond donors (Lipinski definition) is 0. The molecule has 6 nitrogen and oxygen atoms in total. The Morgan fingerprint density at radius 1 is 1.09 bits per heavy atom. The lowest BCUT2D eigenvalue weighted by Crippen LogP contribution is -2.11. The number of carbonyl (C=O) groups is 1. The lowest BCUT2D eigenvalue weighted by molar-refractivity contribution is -0.384. The highest BCUT2D eigenvalue weighted by Gasteiger charge is 2.24. The largest absolute Gasteiger partial charge is 0.294 e. The molecule has 0 N–H and O–H groups in total.